The number of carbonyl (C=O) groups is 3. The zero-order valence-electron chi connectivity index (χ0n) is 26.1. The van der Waals surface area contributed by atoms with Crippen LogP contribution in [0.4, 0.5) is 4.39 Å². The number of nitrogens with one attached hydrogen (secondary N) is 1. The van der Waals surface area contributed by atoms with Gasteiger partial charge in [-0.25, -0.2) is 9.49 Å². The first-order valence-electron chi connectivity index (χ1n) is 16.4. The first-order valence-corrected chi connectivity index (χ1v) is 16.4. The maximum atomic E-state index is 14.9. The molecule has 3 aromatic rings. The molecule has 0 unspecified atom stereocenters. The Labute approximate surface area is 267 Å². The van der Waals surface area contributed by atoms with Crippen LogP contribution < -0.4 is 11.3 Å². The number of nitrogens with two attached hydrogens (primary N) is 1. The van der Waals surface area contributed by atoms with Crippen molar-refractivity contribution in [2.45, 2.75) is 44.6 Å². The number of nitrogens with zero attached hydrogens (tertiary/aromatic N) is 5. The molecule has 0 radical (unpaired) electrons. The molecule has 0 bridgehead atoms. The summed E-state index contributed by atoms with van der Waals surface area (Å²) in [4.78, 5) is 58.9. The van der Waals surface area contributed by atoms with E-state index in [9.17, 15) is 23.6 Å². The second-order valence-corrected chi connectivity index (χ2v) is 12.7. The van der Waals surface area contributed by atoms with Crippen molar-refractivity contribution in [1.82, 2.24) is 29.8 Å². The van der Waals surface area contributed by atoms with Gasteiger partial charge in [0.25, 0.3) is 11.5 Å². The molecule has 2 saturated heterocycles. The van der Waals surface area contributed by atoms with E-state index in [1.54, 1.807) is 34.1 Å². The number of rotatable bonds is 7. The van der Waals surface area contributed by atoms with Crippen molar-refractivity contribution in [2.75, 3.05) is 58.9 Å². The Bertz CT molecular complexity index is 1640. The number of hydrogen-bond acceptors (Lipinski definition) is 7. The lowest BCUT2D eigenvalue weighted by Gasteiger charge is -2.39. The van der Waals surface area contributed by atoms with Crippen LogP contribution in [0.15, 0.2) is 47.3 Å². The predicted molar refractivity (Wildman–Crippen MR) is 172 cm³/mol. The number of amides is 3. The Kier molecular flexibility index (Phi) is 9.74. The van der Waals surface area contributed by atoms with Gasteiger partial charge in [0.15, 0.2) is 0 Å². The van der Waals surface area contributed by atoms with Crippen molar-refractivity contribution < 1.29 is 18.8 Å². The van der Waals surface area contributed by atoms with Gasteiger partial charge in [-0.1, -0.05) is 43.5 Å². The van der Waals surface area contributed by atoms with Crippen molar-refractivity contribution in [2.24, 2.45) is 11.7 Å². The molecule has 11 nitrogen and oxygen atoms in total. The van der Waals surface area contributed by atoms with Crippen LogP contribution in [0.3, 0.4) is 0 Å². The van der Waals surface area contributed by atoms with Crippen molar-refractivity contribution in [3.05, 3.63) is 75.5 Å². The van der Waals surface area contributed by atoms with Gasteiger partial charge in [0.1, 0.15) is 5.82 Å². The number of aromatic nitrogens is 2. The second-order valence-electron chi connectivity index (χ2n) is 12.7. The smallest absolute Gasteiger partial charge is 0.272 e. The van der Waals surface area contributed by atoms with Gasteiger partial charge in [0.05, 0.1) is 29.2 Å². The number of halogens is 1. The lowest BCUT2D eigenvalue weighted by Crippen LogP contribution is -2.57. The highest BCUT2D eigenvalue weighted by Gasteiger charge is 2.32. The lowest BCUT2D eigenvalue weighted by atomic mass is 9.83. The standard InChI is InChI=1S/C34H42FN7O4/c35-28-11-10-23(21-29-25-8-4-5-9-26(25)32(44)38-37-29)20-27(28)33(45)41-18-16-40(17-19-41)30(43)22-39-12-14-42(15-13-39)34(46)31(36)24-6-2-1-3-7-24/h4-5,8-11,20,24,31H,1-3,6-7,12-19,21-22,36H2,(H,38,44)/t31-/m1/s1. The summed E-state index contributed by atoms with van der Waals surface area (Å²) in [7, 11) is 0. The molecule has 0 spiro atoms. The van der Waals surface area contributed by atoms with Crippen LogP contribution in [0, 0.1) is 11.7 Å². The van der Waals surface area contributed by atoms with Crippen molar-refractivity contribution in [3.8, 4) is 0 Å². The highest BCUT2D eigenvalue weighted by molar-refractivity contribution is 5.95. The van der Waals surface area contributed by atoms with Crippen LogP contribution in [-0.2, 0) is 16.0 Å². The van der Waals surface area contributed by atoms with Gasteiger partial charge >= 0.3 is 0 Å². The molecule has 1 aliphatic carbocycles. The third-order valence-corrected chi connectivity index (χ3v) is 9.81. The zero-order chi connectivity index (χ0) is 32.2. The highest BCUT2D eigenvalue weighted by Crippen LogP contribution is 2.27. The van der Waals surface area contributed by atoms with Gasteiger partial charge in [-0.3, -0.25) is 24.1 Å². The van der Waals surface area contributed by atoms with Gasteiger partial charge in [0.2, 0.25) is 11.8 Å². The van der Waals surface area contributed by atoms with E-state index < -0.39 is 17.8 Å². The van der Waals surface area contributed by atoms with Crippen molar-refractivity contribution in [1.29, 1.82) is 0 Å². The minimum atomic E-state index is -0.608. The number of piperazine rings is 2. The van der Waals surface area contributed by atoms with Crippen LogP contribution in [0.2, 0.25) is 0 Å². The minimum absolute atomic E-state index is 0.0143. The first kappa shape index (κ1) is 31.8. The minimum Gasteiger partial charge on any atom is -0.339 e. The zero-order valence-corrected chi connectivity index (χ0v) is 26.1. The molecule has 2 aromatic carbocycles. The molecule has 3 amide bonds. The van der Waals surface area contributed by atoms with Crippen LogP contribution in [-0.4, -0.2) is 112 Å². The van der Waals surface area contributed by atoms with E-state index in [-0.39, 0.29) is 35.4 Å². The maximum absolute atomic E-state index is 14.9. The number of aromatic amines is 1. The Morgan fingerprint density at radius 1 is 0.870 bits per heavy atom. The highest BCUT2D eigenvalue weighted by atomic mass is 19.1. The summed E-state index contributed by atoms with van der Waals surface area (Å²) < 4.78 is 14.9. The average Bonchev–Trinajstić information content (AvgIpc) is 3.10. The molecule has 1 aromatic heterocycles. The monoisotopic (exact) mass is 631 g/mol. The van der Waals surface area contributed by atoms with Crippen molar-refractivity contribution >= 4 is 28.5 Å². The van der Waals surface area contributed by atoms with E-state index in [0.29, 0.717) is 80.8 Å². The van der Waals surface area contributed by atoms with E-state index in [0.717, 1.165) is 25.7 Å². The third-order valence-electron chi connectivity index (χ3n) is 9.81. The summed E-state index contributed by atoms with van der Waals surface area (Å²) in [5, 5.41) is 7.94. The van der Waals surface area contributed by atoms with E-state index in [1.165, 1.54) is 12.5 Å². The number of benzene rings is 2. The second kappa shape index (κ2) is 14.1. The Morgan fingerprint density at radius 3 is 2.24 bits per heavy atom. The summed E-state index contributed by atoms with van der Waals surface area (Å²) in [5.41, 5.74) is 7.36. The summed E-state index contributed by atoms with van der Waals surface area (Å²) in [6.07, 6.45) is 5.87. The van der Waals surface area contributed by atoms with Gasteiger partial charge in [0, 0.05) is 64.2 Å². The Hall–Kier alpha value is -4.16. The predicted octanol–water partition coefficient (Wildman–Crippen LogP) is 1.99. The quantitative estimate of drug-likeness (QED) is 0.407. The molecule has 3 aliphatic rings. The van der Waals surface area contributed by atoms with Gasteiger partial charge in [-0.2, -0.15) is 5.10 Å². The SMILES string of the molecule is N[C@@H](C(=O)N1CCN(CC(=O)N2CCN(C(=O)c3cc(Cc4n[nH]c(=O)c5ccccc45)ccc3F)CC2)CC1)C1CCCCC1. The molecule has 1 saturated carbocycles. The van der Waals surface area contributed by atoms with Crippen LogP contribution >= 0.6 is 0 Å². The van der Waals surface area contributed by atoms with Crippen LogP contribution in [0.1, 0.15) is 53.7 Å². The molecule has 46 heavy (non-hydrogen) atoms. The van der Waals surface area contributed by atoms with E-state index >= 15 is 0 Å². The molecule has 2 aliphatic heterocycles. The van der Waals surface area contributed by atoms with E-state index in [1.807, 2.05) is 17.0 Å². The molecule has 3 N–H and O–H groups in total. The third kappa shape index (κ3) is 6.97. The molecule has 12 heteroatoms. The number of hydrogen-bond donors (Lipinski definition) is 2. The molecule has 244 valence electrons. The largest absolute Gasteiger partial charge is 0.339 e. The summed E-state index contributed by atoms with van der Waals surface area (Å²) in [5.74, 6) is -0.740. The summed E-state index contributed by atoms with van der Waals surface area (Å²) >= 11 is 0. The molecule has 3 heterocycles. The van der Waals surface area contributed by atoms with Gasteiger partial charge in [-0.05, 0) is 42.5 Å². The average molecular weight is 632 g/mol. The molecule has 6 rings (SSSR count). The van der Waals surface area contributed by atoms with Gasteiger partial charge < -0.3 is 20.4 Å². The first-order chi connectivity index (χ1) is 22.3. The summed E-state index contributed by atoms with van der Waals surface area (Å²) in [6, 6.07) is 11.2. The molecule has 3 fully saturated rings. The number of H-pyrrole nitrogens is 1. The molecule has 1 atom stereocenters. The summed E-state index contributed by atoms with van der Waals surface area (Å²) in [6.45, 7) is 3.97. The maximum Gasteiger partial charge on any atom is 0.272 e. The van der Waals surface area contributed by atoms with Crippen LogP contribution in [0.25, 0.3) is 10.8 Å². The lowest BCUT2D eigenvalue weighted by molar-refractivity contribution is -0.137. The fourth-order valence-electron chi connectivity index (χ4n) is 7.00. The number of carbonyl (C=O) groups excluding carboxylic acids is 3. The van der Waals surface area contributed by atoms with E-state index in [2.05, 4.69) is 15.1 Å². The van der Waals surface area contributed by atoms with Crippen molar-refractivity contribution in [3.63, 3.8) is 0 Å². The fraction of sp³-hybridized carbons (Fsp3) is 0.500. The molecular weight excluding hydrogens is 589 g/mol. The van der Waals surface area contributed by atoms with Crippen LogP contribution in [0.5, 0.6) is 0 Å². The number of fused-ring (bicyclic) bond motifs is 1. The Morgan fingerprint density at radius 2 is 1.52 bits per heavy atom. The molecular formula is C34H42FN7O4. The van der Waals surface area contributed by atoms with Gasteiger partial charge in [-0.15, -0.1) is 0 Å². The Balaban J connectivity index is 0.994. The van der Waals surface area contributed by atoms with E-state index in [4.69, 9.17) is 5.73 Å². The normalized spacial score (nSPS) is 19.0. The topological polar surface area (TPSA) is 136 Å². The fourth-order valence-corrected chi connectivity index (χ4v) is 7.00.